The summed E-state index contributed by atoms with van der Waals surface area (Å²) < 4.78 is 15.2. The van der Waals surface area contributed by atoms with Crippen molar-refractivity contribution in [1.29, 1.82) is 0 Å². The highest BCUT2D eigenvalue weighted by Gasteiger charge is 2.46. The standard InChI is InChI=1S/C50H34NOP/c52-53(38-21-9-3-10-22-38,39-23-11-4-12-24-39)40-31-29-35(30-32-40)49-45-34-47-44(33-43(45)42-26-14-16-28-48(42)51-49)41-25-13-15-27-46(41)50(47,36-17-5-1-6-18-36)37-19-7-2-8-20-37/h1-34H. The first-order valence-corrected chi connectivity index (χ1v) is 19.8. The summed E-state index contributed by atoms with van der Waals surface area (Å²) in [5, 5.41) is 5.82. The normalized spacial score (nSPS) is 13.1. The van der Waals surface area contributed by atoms with Gasteiger partial charge in [0.25, 0.3) is 0 Å². The molecule has 0 fully saturated rings. The molecule has 0 saturated carbocycles. The van der Waals surface area contributed by atoms with Gasteiger partial charge < -0.3 is 4.57 Å². The molecule has 1 aliphatic rings. The SMILES string of the molecule is O=P(c1ccccc1)(c1ccccc1)c1ccc(-c2nc3ccccc3c3cc4c(cc23)C(c2ccccc2)(c2ccccc2)c2ccccc2-4)cc1. The largest absolute Gasteiger partial charge is 0.309 e. The van der Waals surface area contributed by atoms with E-state index in [9.17, 15) is 0 Å². The molecule has 0 spiro atoms. The second-order valence-corrected chi connectivity index (χ2v) is 16.5. The Kier molecular flexibility index (Phi) is 7.35. The van der Waals surface area contributed by atoms with Crippen LogP contribution in [0.3, 0.4) is 0 Å². The molecule has 2 nitrogen and oxygen atoms in total. The second-order valence-electron chi connectivity index (χ2n) is 13.8. The first kappa shape index (κ1) is 31.4. The number of para-hydroxylation sites is 1. The summed E-state index contributed by atoms with van der Waals surface area (Å²) in [7, 11) is -3.13. The molecule has 53 heavy (non-hydrogen) atoms. The molecular formula is C50H34NOP. The van der Waals surface area contributed by atoms with Crippen molar-refractivity contribution in [3.05, 3.63) is 229 Å². The summed E-state index contributed by atoms with van der Waals surface area (Å²) in [6.07, 6.45) is 0. The predicted octanol–water partition coefficient (Wildman–Crippen LogP) is 11.1. The van der Waals surface area contributed by atoms with Crippen molar-refractivity contribution in [3.8, 4) is 22.4 Å². The highest BCUT2D eigenvalue weighted by molar-refractivity contribution is 7.85. The van der Waals surface area contributed by atoms with Crippen LogP contribution in [0.2, 0.25) is 0 Å². The number of hydrogen-bond donors (Lipinski definition) is 0. The van der Waals surface area contributed by atoms with Crippen LogP contribution in [-0.2, 0) is 9.98 Å². The molecule has 0 unspecified atom stereocenters. The lowest BCUT2D eigenvalue weighted by Gasteiger charge is -2.34. The Morgan fingerprint density at radius 2 is 0.906 bits per heavy atom. The van der Waals surface area contributed by atoms with Gasteiger partial charge in [0, 0.05) is 32.2 Å². The average molecular weight is 696 g/mol. The number of pyridine rings is 1. The molecule has 0 saturated heterocycles. The summed E-state index contributed by atoms with van der Waals surface area (Å²) in [5.41, 5.74) is 9.80. The van der Waals surface area contributed by atoms with E-state index in [1.807, 2.05) is 72.8 Å². The molecule has 0 atom stereocenters. The zero-order chi connectivity index (χ0) is 35.4. The van der Waals surface area contributed by atoms with Crippen LogP contribution in [-0.4, -0.2) is 4.98 Å². The van der Waals surface area contributed by atoms with Crippen LogP contribution < -0.4 is 15.9 Å². The van der Waals surface area contributed by atoms with Gasteiger partial charge in [0.1, 0.15) is 0 Å². The zero-order valence-corrected chi connectivity index (χ0v) is 29.8. The molecule has 1 aromatic heterocycles. The summed E-state index contributed by atoms with van der Waals surface area (Å²) in [4.78, 5) is 5.38. The Morgan fingerprint density at radius 1 is 0.396 bits per heavy atom. The van der Waals surface area contributed by atoms with Crippen molar-refractivity contribution in [3.63, 3.8) is 0 Å². The smallest absolute Gasteiger partial charge is 0.171 e. The van der Waals surface area contributed by atoms with Crippen molar-refractivity contribution in [2.75, 3.05) is 0 Å². The Balaban J connectivity index is 1.25. The fraction of sp³-hybridized carbons (Fsp3) is 0.0200. The average Bonchev–Trinajstić information content (AvgIpc) is 3.54. The van der Waals surface area contributed by atoms with Crippen molar-refractivity contribution >= 4 is 44.7 Å². The number of fused-ring (bicyclic) bond motifs is 6. The number of benzene rings is 8. The summed E-state index contributed by atoms with van der Waals surface area (Å²) in [6.45, 7) is 0. The molecule has 0 bridgehead atoms. The summed E-state index contributed by atoms with van der Waals surface area (Å²) in [6, 6.07) is 72.0. The van der Waals surface area contributed by atoms with E-state index in [4.69, 9.17) is 4.98 Å². The fourth-order valence-corrected chi connectivity index (χ4v) is 11.3. The molecule has 3 heteroatoms. The molecule has 1 heterocycles. The van der Waals surface area contributed by atoms with Crippen molar-refractivity contribution in [2.24, 2.45) is 0 Å². The van der Waals surface area contributed by atoms with Crippen LogP contribution in [0.15, 0.2) is 206 Å². The first-order chi connectivity index (χ1) is 26.2. The van der Waals surface area contributed by atoms with Gasteiger partial charge >= 0.3 is 0 Å². The van der Waals surface area contributed by atoms with Crippen LogP contribution in [0.25, 0.3) is 44.1 Å². The van der Waals surface area contributed by atoms with Gasteiger partial charge in [-0.15, -0.1) is 0 Å². The van der Waals surface area contributed by atoms with Crippen molar-refractivity contribution in [2.45, 2.75) is 5.41 Å². The summed E-state index contributed by atoms with van der Waals surface area (Å²) in [5.74, 6) is 0. The van der Waals surface area contributed by atoms with Gasteiger partial charge in [-0.25, -0.2) is 4.98 Å². The molecule has 0 aliphatic heterocycles. The minimum absolute atomic E-state index is 0.520. The molecular weight excluding hydrogens is 662 g/mol. The minimum atomic E-state index is -3.13. The lowest BCUT2D eigenvalue weighted by atomic mass is 9.67. The third-order valence-corrected chi connectivity index (χ3v) is 14.1. The molecule has 250 valence electrons. The Morgan fingerprint density at radius 3 is 1.53 bits per heavy atom. The van der Waals surface area contributed by atoms with Crippen molar-refractivity contribution in [1.82, 2.24) is 4.98 Å². The topological polar surface area (TPSA) is 30.0 Å². The number of nitrogens with zero attached hydrogens (tertiary/aromatic N) is 1. The third-order valence-electron chi connectivity index (χ3n) is 11.0. The van der Waals surface area contributed by atoms with E-state index in [1.54, 1.807) is 0 Å². The predicted molar refractivity (Wildman–Crippen MR) is 221 cm³/mol. The van der Waals surface area contributed by atoms with E-state index in [0.717, 1.165) is 43.5 Å². The van der Waals surface area contributed by atoms with E-state index in [-0.39, 0.29) is 0 Å². The number of aromatic nitrogens is 1. The van der Waals surface area contributed by atoms with Gasteiger partial charge in [-0.1, -0.05) is 188 Å². The van der Waals surface area contributed by atoms with Crippen LogP contribution in [0.5, 0.6) is 0 Å². The maximum absolute atomic E-state index is 15.2. The van der Waals surface area contributed by atoms with E-state index in [2.05, 4.69) is 133 Å². The summed E-state index contributed by atoms with van der Waals surface area (Å²) >= 11 is 0. The zero-order valence-electron chi connectivity index (χ0n) is 28.9. The molecule has 0 radical (unpaired) electrons. The Bertz CT molecular complexity index is 2750. The van der Waals surface area contributed by atoms with Gasteiger partial charge in [0.15, 0.2) is 7.14 Å². The Hall–Kier alpha value is -6.34. The highest BCUT2D eigenvalue weighted by Crippen LogP contribution is 2.57. The van der Waals surface area contributed by atoms with Gasteiger partial charge in [-0.05, 0) is 57.0 Å². The molecule has 1 aliphatic carbocycles. The third kappa shape index (κ3) is 4.73. The van der Waals surface area contributed by atoms with Crippen LogP contribution in [0.4, 0.5) is 0 Å². The van der Waals surface area contributed by atoms with Crippen LogP contribution in [0.1, 0.15) is 22.3 Å². The molecule has 10 rings (SSSR count). The highest BCUT2D eigenvalue weighted by atomic mass is 31.2. The van der Waals surface area contributed by atoms with Gasteiger partial charge in [-0.2, -0.15) is 0 Å². The number of rotatable bonds is 6. The maximum Gasteiger partial charge on any atom is 0.171 e. The van der Waals surface area contributed by atoms with E-state index >= 15 is 4.57 Å². The lowest BCUT2D eigenvalue weighted by Crippen LogP contribution is -2.28. The van der Waals surface area contributed by atoms with Crippen LogP contribution in [0, 0.1) is 0 Å². The molecule has 0 N–H and O–H groups in total. The van der Waals surface area contributed by atoms with Gasteiger partial charge in [-0.3, -0.25) is 0 Å². The lowest BCUT2D eigenvalue weighted by molar-refractivity contribution is 0.592. The quantitative estimate of drug-likeness (QED) is 0.128. The minimum Gasteiger partial charge on any atom is -0.309 e. The maximum atomic E-state index is 15.2. The molecule has 8 aromatic carbocycles. The second kappa shape index (κ2) is 12.4. The van der Waals surface area contributed by atoms with Crippen molar-refractivity contribution < 1.29 is 4.57 Å². The van der Waals surface area contributed by atoms with E-state index < -0.39 is 12.6 Å². The molecule has 9 aromatic rings. The first-order valence-electron chi connectivity index (χ1n) is 18.1. The molecule has 0 amide bonds. The fourth-order valence-electron chi connectivity index (χ4n) is 8.66. The van der Waals surface area contributed by atoms with Gasteiger partial charge in [0.05, 0.1) is 16.6 Å². The monoisotopic (exact) mass is 695 g/mol. The Labute approximate surface area is 309 Å². The van der Waals surface area contributed by atoms with E-state index in [0.29, 0.717) is 0 Å². The van der Waals surface area contributed by atoms with Gasteiger partial charge in [0.2, 0.25) is 0 Å². The van der Waals surface area contributed by atoms with E-state index in [1.165, 1.54) is 38.8 Å². The van der Waals surface area contributed by atoms with Crippen LogP contribution >= 0.6 is 7.14 Å². The number of hydrogen-bond acceptors (Lipinski definition) is 2.